The average Bonchev–Trinajstić information content (AvgIpc) is 2.78. The topological polar surface area (TPSA) is 47.6 Å². The Balaban J connectivity index is 2.45. The van der Waals surface area contributed by atoms with E-state index in [9.17, 15) is 4.79 Å². The minimum absolute atomic E-state index is 0.257. The summed E-state index contributed by atoms with van der Waals surface area (Å²) in [7, 11) is 1.41. The van der Waals surface area contributed by atoms with E-state index >= 15 is 0 Å². The molecule has 1 N–H and O–H groups in total. The van der Waals surface area contributed by atoms with Crippen LogP contribution in [0.15, 0.2) is 0 Å². The maximum Gasteiger partial charge on any atom is 0.328 e. The lowest BCUT2D eigenvalue weighted by atomic mass is 10.0. The number of likely N-dealkylation sites (N-methyl/N-ethyl adjacent to an activating group) is 1. The molecule has 1 atom stereocenters. The van der Waals surface area contributed by atoms with Gasteiger partial charge in [-0.25, -0.2) is 4.79 Å². The van der Waals surface area contributed by atoms with Crippen LogP contribution >= 0.6 is 0 Å². The molecule has 1 rings (SSSR count). The number of carbonyl (C=O) groups is 1. The molecule has 0 aliphatic heterocycles. The van der Waals surface area contributed by atoms with Crippen LogP contribution < -0.4 is 5.32 Å². The van der Waals surface area contributed by atoms with Crippen LogP contribution in [-0.4, -0.2) is 37.9 Å². The SMILES string of the molecule is CCNC(C)(COC1CCCC1)C(=O)OC. The van der Waals surface area contributed by atoms with Crippen LogP contribution in [-0.2, 0) is 14.3 Å². The summed E-state index contributed by atoms with van der Waals surface area (Å²) in [5.74, 6) is -0.257. The van der Waals surface area contributed by atoms with Crippen molar-refractivity contribution in [3.8, 4) is 0 Å². The van der Waals surface area contributed by atoms with Crippen molar-refractivity contribution in [1.82, 2.24) is 5.32 Å². The van der Waals surface area contributed by atoms with E-state index in [2.05, 4.69) is 5.32 Å². The van der Waals surface area contributed by atoms with Crippen LogP contribution in [0.3, 0.4) is 0 Å². The zero-order chi connectivity index (χ0) is 12.0. The van der Waals surface area contributed by atoms with Gasteiger partial charge in [0.25, 0.3) is 0 Å². The minimum Gasteiger partial charge on any atom is -0.468 e. The molecule has 16 heavy (non-hydrogen) atoms. The first-order chi connectivity index (χ1) is 7.62. The van der Waals surface area contributed by atoms with Crippen LogP contribution in [0.4, 0.5) is 0 Å². The highest BCUT2D eigenvalue weighted by atomic mass is 16.5. The molecular weight excluding hydrogens is 206 g/mol. The zero-order valence-corrected chi connectivity index (χ0v) is 10.5. The predicted octanol–water partition coefficient (Wildman–Crippen LogP) is 1.49. The van der Waals surface area contributed by atoms with Gasteiger partial charge < -0.3 is 14.8 Å². The summed E-state index contributed by atoms with van der Waals surface area (Å²) in [6.45, 7) is 4.91. The van der Waals surface area contributed by atoms with Crippen molar-refractivity contribution in [1.29, 1.82) is 0 Å². The van der Waals surface area contributed by atoms with E-state index < -0.39 is 5.54 Å². The third kappa shape index (κ3) is 3.46. The molecule has 0 aromatic rings. The molecule has 0 spiro atoms. The smallest absolute Gasteiger partial charge is 0.328 e. The van der Waals surface area contributed by atoms with E-state index in [0.717, 1.165) is 19.4 Å². The van der Waals surface area contributed by atoms with Gasteiger partial charge in [0.2, 0.25) is 0 Å². The molecule has 4 heteroatoms. The second-order valence-electron chi connectivity index (χ2n) is 4.57. The zero-order valence-electron chi connectivity index (χ0n) is 10.5. The first-order valence-corrected chi connectivity index (χ1v) is 6.07. The third-order valence-corrected chi connectivity index (χ3v) is 3.11. The summed E-state index contributed by atoms with van der Waals surface area (Å²) in [6, 6.07) is 0. The summed E-state index contributed by atoms with van der Waals surface area (Å²) < 4.78 is 10.6. The molecule has 0 saturated heterocycles. The van der Waals surface area contributed by atoms with Crippen LogP contribution in [0.5, 0.6) is 0 Å². The van der Waals surface area contributed by atoms with Crippen molar-refractivity contribution in [2.75, 3.05) is 20.3 Å². The normalized spacial score (nSPS) is 20.7. The first kappa shape index (κ1) is 13.5. The Morgan fingerprint density at radius 2 is 2.06 bits per heavy atom. The summed E-state index contributed by atoms with van der Waals surface area (Å²) in [4.78, 5) is 11.7. The summed E-state index contributed by atoms with van der Waals surface area (Å²) in [6.07, 6.45) is 5.02. The Hall–Kier alpha value is -0.610. The maximum absolute atomic E-state index is 11.7. The van der Waals surface area contributed by atoms with Gasteiger partial charge in [-0.1, -0.05) is 19.8 Å². The highest BCUT2D eigenvalue weighted by Crippen LogP contribution is 2.22. The van der Waals surface area contributed by atoms with E-state index in [4.69, 9.17) is 9.47 Å². The molecule has 0 radical (unpaired) electrons. The molecule has 1 saturated carbocycles. The molecule has 1 unspecified atom stereocenters. The molecule has 1 aliphatic rings. The van der Waals surface area contributed by atoms with E-state index in [1.165, 1.54) is 20.0 Å². The molecule has 0 bridgehead atoms. The molecule has 0 aromatic carbocycles. The first-order valence-electron chi connectivity index (χ1n) is 6.07. The Labute approximate surface area is 97.7 Å². The average molecular weight is 229 g/mol. The van der Waals surface area contributed by atoms with Crippen molar-refractivity contribution >= 4 is 5.97 Å². The van der Waals surface area contributed by atoms with Crippen molar-refractivity contribution in [3.05, 3.63) is 0 Å². The van der Waals surface area contributed by atoms with Crippen molar-refractivity contribution in [2.24, 2.45) is 0 Å². The summed E-state index contributed by atoms with van der Waals surface area (Å²) in [5.41, 5.74) is -0.716. The third-order valence-electron chi connectivity index (χ3n) is 3.11. The number of ether oxygens (including phenoxy) is 2. The number of hydrogen-bond acceptors (Lipinski definition) is 4. The molecule has 0 aromatic heterocycles. The van der Waals surface area contributed by atoms with E-state index in [1.54, 1.807) is 0 Å². The molecule has 1 fully saturated rings. The standard InChI is InChI=1S/C12H23NO3/c1-4-13-12(2,11(14)15-3)9-16-10-7-5-6-8-10/h10,13H,4-9H2,1-3H3. The fraction of sp³-hybridized carbons (Fsp3) is 0.917. The van der Waals surface area contributed by atoms with E-state index in [1.807, 2.05) is 13.8 Å². The minimum atomic E-state index is -0.716. The monoisotopic (exact) mass is 229 g/mol. The van der Waals surface area contributed by atoms with Crippen molar-refractivity contribution in [3.63, 3.8) is 0 Å². The number of nitrogens with one attached hydrogen (secondary N) is 1. The molecule has 4 nitrogen and oxygen atoms in total. The number of rotatable bonds is 6. The largest absolute Gasteiger partial charge is 0.468 e. The fourth-order valence-electron chi connectivity index (χ4n) is 2.14. The Kier molecular flexibility index (Phi) is 5.22. The van der Waals surface area contributed by atoms with Gasteiger partial charge in [0, 0.05) is 0 Å². The number of carbonyl (C=O) groups excluding carboxylic acids is 1. The highest BCUT2D eigenvalue weighted by molar-refractivity contribution is 5.80. The van der Waals surface area contributed by atoms with E-state index in [0.29, 0.717) is 12.7 Å². The Morgan fingerprint density at radius 3 is 2.56 bits per heavy atom. The van der Waals surface area contributed by atoms with Crippen LogP contribution in [0, 0.1) is 0 Å². The molecular formula is C12H23NO3. The van der Waals surface area contributed by atoms with Gasteiger partial charge in [-0.05, 0) is 26.3 Å². The van der Waals surface area contributed by atoms with Gasteiger partial charge in [0.05, 0.1) is 19.8 Å². The van der Waals surface area contributed by atoms with Crippen molar-refractivity contribution < 1.29 is 14.3 Å². The number of esters is 1. The quantitative estimate of drug-likeness (QED) is 0.701. The second kappa shape index (κ2) is 6.21. The van der Waals surface area contributed by atoms with Crippen LogP contribution in [0.25, 0.3) is 0 Å². The van der Waals surface area contributed by atoms with Crippen LogP contribution in [0.2, 0.25) is 0 Å². The molecule has 0 heterocycles. The second-order valence-corrected chi connectivity index (χ2v) is 4.57. The maximum atomic E-state index is 11.7. The lowest BCUT2D eigenvalue weighted by Gasteiger charge is -2.28. The number of methoxy groups -OCH3 is 1. The van der Waals surface area contributed by atoms with Gasteiger partial charge in [0.1, 0.15) is 5.54 Å². The molecule has 1 aliphatic carbocycles. The Bertz CT molecular complexity index is 226. The van der Waals surface area contributed by atoms with Crippen LogP contribution in [0.1, 0.15) is 39.5 Å². The van der Waals surface area contributed by atoms with Gasteiger partial charge >= 0.3 is 5.97 Å². The highest BCUT2D eigenvalue weighted by Gasteiger charge is 2.35. The van der Waals surface area contributed by atoms with Crippen molar-refractivity contribution in [2.45, 2.75) is 51.2 Å². The summed E-state index contributed by atoms with van der Waals surface area (Å²) >= 11 is 0. The molecule has 94 valence electrons. The predicted molar refractivity (Wildman–Crippen MR) is 62.3 cm³/mol. The van der Waals surface area contributed by atoms with Gasteiger partial charge in [-0.15, -0.1) is 0 Å². The molecule has 0 amide bonds. The van der Waals surface area contributed by atoms with Gasteiger partial charge in [-0.3, -0.25) is 0 Å². The lowest BCUT2D eigenvalue weighted by Crippen LogP contribution is -2.54. The number of hydrogen-bond donors (Lipinski definition) is 1. The summed E-state index contributed by atoms with van der Waals surface area (Å²) in [5, 5.41) is 3.13. The Morgan fingerprint density at radius 1 is 1.44 bits per heavy atom. The van der Waals surface area contributed by atoms with Gasteiger partial charge in [-0.2, -0.15) is 0 Å². The lowest BCUT2D eigenvalue weighted by molar-refractivity contribution is -0.151. The van der Waals surface area contributed by atoms with Gasteiger partial charge in [0.15, 0.2) is 0 Å². The van der Waals surface area contributed by atoms with E-state index in [-0.39, 0.29) is 5.97 Å². The fourth-order valence-corrected chi connectivity index (χ4v) is 2.14.